The second-order valence-electron chi connectivity index (χ2n) is 5.56. The molecule has 0 fully saturated rings. The maximum atomic E-state index is 2.39. The molecule has 0 spiro atoms. The molecule has 0 aliphatic rings. The zero-order chi connectivity index (χ0) is 11.9. The van der Waals surface area contributed by atoms with E-state index in [0.717, 1.165) is 11.8 Å². The molecular weight excluding hydrogens is 180 g/mol. The number of hydrogen-bond donors (Lipinski definition) is 0. The van der Waals surface area contributed by atoms with Gasteiger partial charge in [0.15, 0.2) is 0 Å². The van der Waals surface area contributed by atoms with Crippen LogP contribution in [0.15, 0.2) is 0 Å². The molecule has 0 aromatic rings. The van der Waals surface area contributed by atoms with Gasteiger partial charge in [0.05, 0.1) is 0 Å². The van der Waals surface area contributed by atoms with E-state index in [1.54, 1.807) is 0 Å². The van der Waals surface area contributed by atoms with Gasteiger partial charge in [-0.3, -0.25) is 0 Å². The van der Waals surface area contributed by atoms with Gasteiger partial charge in [0, 0.05) is 0 Å². The predicted molar refractivity (Wildman–Crippen MR) is 71.2 cm³/mol. The standard InChI is InChI=1S/C15H32/c1-7-11-14(13(5)6)12-15(8-2,9-3)10-4/h13-14H,7-12H2,1-6H3. The molecule has 0 rings (SSSR count). The molecule has 0 saturated heterocycles. The average molecular weight is 212 g/mol. The highest BCUT2D eigenvalue weighted by atomic mass is 14.3. The van der Waals surface area contributed by atoms with Gasteiger partial charge in [-0.1, -0.05) is 73.6 Å². The molecule has 0 bridgehead atoms. The third-order valence-electron chi connectivity index (χ3n) is 4.55. The van der Waals surface area contributed by atoms with Gasteiger partial charge < -0.3 is 0 Å². The Morgan fingerprint density at radius 2 is 1.33 bits per heavy atom. The van der Waals surface area contributed by atoms with Gasteiger partial charge in [-0.05, 0) is 23.7 Å². The van der Waals surface area contributed by atoms with E-state index in [0.29, 0.717) is 5.41 Å². The van der Waals surface area contributed by atoms with Gasteiger partial charge in [-0.2, -0.15) is 0 Å². The molecule has 0 nitrogen and oxygen atoms in total. The van der Waals surface area contributed by atoms with E-state index in [2.05, 4.69) is 41.5 Å². The SMILES string of the molecule is CCCC(CC(CC)(CC)CC)C(C)C. The van der Waals surface area contributed by atoms with E-state index >= 15 is 0 Å². The van der Waals surface area contributed by atoms with Crippen LogP contribution in [0, 0.1) is 17.3 Å². The Morgan fingerprint density at radius 1 is 0.867 bits per heavy atom. The fourth-order valence-corrected chi connectivity index (χ4v) is 2.78. The summed E-state index contributed by atoms with van der Waals surface area (Å²) in [7, 11) is 0. The highest BCUT2D eigenvalue weighted by molar-refractivity contribution is 4.79. The lowest BCUT2D eigenvalue weighted by Gasteiger charge is -2.36. The molecule has 0 aliphatic carbocycles. The quantitative estimate of drug-likeness (QED) is 0.486. The monoisotopic (exact) mass is 212 g/mol. The summed E-state index contributed by atoms with van der Waals surface area (Å²) in [4.78, 5) is 0. The first-order chi connectivity index (χ1) is 7.05. The topological polar surface area (TPSA) is 0 Å². The minimum atomic E-state index is 0.629. The third-order valence-corrected chi connectivity index (χ3v) is 4.55. The zero-order valence-electron chi connectivity index (χ0n) is 11.9. The first kappa shape index (κ1) is 15.0. The highest BCUT2D eigenvalue weighted by Gasteiger charge is 2.28. The van der Waals surface area contributed by atoms with Crippen LogP contribution in [0.4, 0.5) is 0 Å². The zero-order valence-corrected chi connectivity index (χ0v) is 11.9. The van der Waals surface area contributed by atoms with Crippen molar-refractivity contribution in [2.45, 2.75) is 80.1 Å². The van der Waals surface area contributed by atoms with Gasteiger partial charge >= 0.3 is 0 Å². The van der Waals surface area contributed by atoms with E-state index in [9.17, 15) is 0 Å². The summed E-state index contributed by atoms with van der Waals surface area (Å²) >= 11 is 0. The van der Waals surface area contributed by atoms with Crippen LogP contribution >= 0.6 is 0 Å². The van der Waals surface area contributed by atoms with Crippen LogP contribution in [0.1, 0.15) is 80.1 Å². The van der Waals surface area contributed by atoms with Crippen molar-refractivity contribution in [3.63, 3.8) is 0 Å². The minimum Gasteiger partial charge on any atom is -0.0654 e. The number of rotatable bonds is 8. The normalized spacial score (nSPS) is 14.6. The maximum Gasteiger partial charge on any atom is -0.0303 e. The first-order valence-corrected chi connectivity index (χ1v) is 7.05. The van der Waals surface area contributed by atoms with Crippen molar-refractivity contribution >= 4 is 0 Å². The molecule has 0 aliphatic heterocycles. The lowest BCUT2D eigenvalue weighted by molar-refractivity contribution is 0.154. The smallest absolute Gasteiger partial charge is 0.0303 e. The highest BCUT2D eigenvalue weighted by Crippen LogP contribution is 2.40. The van der Waals surface area contributed by atoms with Gasteiger partial charge in [0.1, 0.15) is 0 Å². The second-order valence-corrected chi connectivity index (χ2v) is 5.56. The molecule has 0 amide bonds. The van der Waals surface area contributed by atoms with Gasteiger partial charge in [-0.15, -0.1) is 0 Å². The van der Waals surface area contributed by atoms with Crippen molar-refractivity contribution in [3.8, 4) is 0 Å². The fourth-order valence-electron chi connectivity index (χ4n) is 2.78. The summed E-state index contributed by atoms with van der Waals surface area (Å²) in [6, 6.07) is 0. The van der Waals surface area contributed by atoms with Crippen molar-refractivity contribution in [1.29, 1.82) is 0 Å². The van der Waals surface area contributed by atoms with Crippen LogP contribution in [0.5, 0.6) is 0 Å². The third kappa shape index (κ3) is 4.57. The van der Waals surface area contributed by atoms with Crippen molar-refractivity contribution in [2.75, 3.05) is 0 Å². The molecule has 0 radical (unpaired) electrons. The van der Waals surface area contributed by atoms with Crippen molar-refractivity contribution in [3.05, 3.63) is 0 Å². The summed E-state index contributed by atoms with van der Waals surface area (Å²) in [5.74, 6) is 1.80. The van der Waals surface area contributed by atoms with E-state index in [1.807, 2.05) is 0 Å². The molecule has 0 saturated carbocycles. The summed E-state index contributed by atoms with van der Waals surface area (Å²) in [5.41, 5.74) is 0.629. The van der Waals surface area contributed by atoms with Crippen LogP contribution in [0.25, 0.3) is 0 Å². The van der Waals surface area contributed by atoms with Crippen LogP contribution in [0.3, 0.4) is 0 Å². The maximum absolute atomic E-state index is 2.39. The summed E-state index contributed by atoms with van der Waals surface area (Å²) in [5, 5.41) is 0. The Morgan fingerprint density at radius 3 is 1.60 bits per heavy atom. The Hall–Kier alpha value is 0. The Bertz CT molecular complexity index is 134. The van der Waals surface area contributed by atoms with E-state index in [4.69, 9.17) is 0 Å². The predicted octanol–water partition coefficient (Wildman–Crippen LogP) is 5.67. The molecule has 15 heavy (non-hydrogen) atoms. The summed E-state index contributed by atoms with van der Waals surface area (Å²) in [6.45, 7) is 14.2. The van der Waals surface area contributed by atoms with Crippen LogP contribution < -0.4 is 0 Å². The molecule has 1 atom stereocenters. The average Bonchev–Trinajstić information content (AvgIpc) is 2.24. The molecular formula is C15H32. The van der Waals surface area contributed by atoms with Crippen molar-refractivity contribution in [1.82, 2.24) is 0 Å². The minimum absolute atomic E-state index is 0.629. The van der Waals surface area contributed by atoms with E-state index in [-0.39, 0.29) is 0 Å². The van der Waals surface area contributed by atoms with Crippen LogP contribution in [0.2, 0.25) is 0 Å². The molecule has 1 unspecified atom stereocenters. The lowest BCUT2D eigenvalue weighted by Crippen LogP contribution is -2.24. The molecule has 92 valence electrons. The molecule has 0 N–H and O–H groups in total. The number of hydrogen-bond acceptors (Lipinski definition) is 0. The van der Waals surface area contributed by atoms with Crippen molar-refractivity contribution in [2.24, 2.45) is 17.3 Å². The van der Waals surface area contributed by atoms with Gasteiger partial charge in [0.25, 0.3) is 0 Å². The second kappa shape index (κ2) is 7.30. The Labute approximate surface area is 97.8 Å². The molecule has 0 heteroatoms. The Kier molecular flexibility index (Phi) is 7.30. The van der Waals surface area contributed by atoms with Crippen LogP contribution in [-0.2, 0) is 0 Å². The van der Waals surface area contributed by atoms with Crippen molar-refractivity contribution < 1.29 is 0 Å². The van der Waals surface area contributed by atoms with Crippen LogP contribution in [-0.4, -0.2) is 0 Å². The molecule has 0 aromatic heterocycles. The molecule has 0 aromatic carbocycles. The first-order valence-electron chi connectivity index (χ1n) is 7.05. The molecule has 0 heterocycles. The summed E-state index contributed by atoms with van der Waals surface area (Å²) < 4.78 is 0. The lowest BCUT2D eigenvalue weighted by atomic mass is 9.70. The van der Waals surface area contributed by atoms with Gasteiger partial charge in [-0.25, -0.2) is 0 Å². The fraction of sp³-hybridized carbons (Fsp3) is 1.00. The van der Waals surface area contributed by atoms with E-state index < -0.39 is 0 Å². The van der Waals surface area contributed by atoms with Gasteiger partial charge in [0.2, 0.25) is 0 Å². The van der Waals surface area contributed by atoms with E-state index in [1.165, 1.54) is 38.5 Å². The summed E-state index contributed by atoms with van der Waals surface area (Å²) in [6.07, 6.45) is 8.27. The Balaban J connectivity index is 4.45. The largest absolute Gasteiger partial charge is 0.0654 e.